The molecule has 0 saturated carbocycles. The molecule has 148 valence electrons. The molecule has 0 saturated heterocycles. The van der Waals surface area contributed by atoms with Crippen LogP contribution in [0.2, 0.25) is 0 Å². The fourth-order valence-corrected chi connectivity index (χ4v) is 3.83. The van der Waals surface area contributed by atoms with Gasteiger partial charge in [0.25, 0.3) is 0 Å². The molecule has 1 aromatic heterocycles. The number of rotatable bonds is 7. The predicted octanol–water partition coefficient (Wildman–Crippen LogP) is 2.12. The van der Waals surface area contributed by atoms with Gasteiger partial charge in [-0.25, -0.2) is 13.4 Å². The van der Waals surface area contributed by atoms with E-state index in [-0.39, 0.29) is 0 Å². The summed E-state index contributed by atoms with van der Waals surface area (Å²) in [7, 11) is -1.48. The van der Waals surface area contributed by atoms with Gasteiger partial charge in [-0.2, -0.15) is 0 Å². The van der Waals surface area contributed by atoms with Gasteiger partial charge < -0.3 is 15.2 Å². The molecule has 0 unspecified atom stereocenters. The Labute approximate surface area is 161 Å². The molecule has 2 rings (SSSR count). The first kappa shape index (κ1) is 21.0. The van der Waals surface area contributed by atoms with E-state index < -0.39 is 9.84 Å². The van der Waals surface area contributed by atoms with Crippen molar-refractivity contribution in [2.24, 2.45) is 10.9 Å². The lowest BCUT2D eigenvalue weighted by Crippen LogP contribution is -2.37. The summed E-state index contributed by atoms with van der Waals surface area (Å²) >= 11 is 0. The molecule has 2 N–H and O–H groups in total. The van der Waals surface area contributed by atoms with Crippen LogP contribution < -0.4 is 10.6 Å². The van der Waals surface area contributed by atoms with E-state index in [0.29, 0.717) is 29.9 Å². The number of aliphatic imine (C=N–C) groups is 1. The van der Waals surface area contributed by atoms with Gasteiger partial charge >= 0.3 is 0 Å². The average molecular weight is 392 g/mol. The minimum absolute atomic E-state index is 0.366. The molecule has 7 nitrogen and oxygen atoms in total. The van der Waals surface area contributed by atoms with Crippen LogP contribution in [0.1, 0.15) is 30.8 Å². The van der Waals surface area contributed by atoms with Crippen molar-refractivity contribution in [2.75, 3.05) is 13.3 Å². The number of nitrogens with one attached hydrogen (secondary N) is 2. The Hall–Kier alpha value is -2.35. The van der Waals surface area contributed by atoms with Gasteiger partial charge in [0.05, 0.1) is 11.4 Å². The first-order valence-corrected chi connectivity index (χ1v) is 10.8. The Balaban J connectivity index is 1.95. The molecule has 0 bridgehead atoms. The highest BCUT2D eigenvalue weighted by Gasteiger charge is 2.11. The van der Waals surface area contributed by atoms with Crippen LogP contribution >= 0.6 is 0 Å². The molecule has 0 fully saturated rings. The highest BCUT2D eigenvalue weighted by molar-refractivity contribution is 7.90. The zero-order chi connectivity index (χ0) is 20.0. The molecule has 0 aliphatic heterocycles. The van der Waals surface area contributed by atoms with Crippen molar-refractivity contribution >= 4 is 15.8 Å². The van der Waals surface area contributed by atoms with Crippen molar-refractivity contribution in [1.82, 2.24) is 20.2 Å². The third-order valence-electron chi connectivity index (χ3n) is 4.10. The van der Waals surface area contributed by atoms with E-state index in [1.54, 1.807) is 13.1 Å². The second-order valence-electron chi connectivity index (χ2n) is 7.04. The summed E-state index contributed by atoms with van der Waals surface area (Å²) in [6.45, 7) is 8.20. The summed E-state index contributed by atoms with van der Waals surface area (Å²) < 4.78 is 25.6. The number of sulfone groups is 1. The maximum absolute atomic E-state index is 11.7. The predicted molar refractivity (Wildman–Crippen MR) is 108 cm³/mol. The lowest BCUT2D eigenvalue weighted by atomic mass is 10.1. The minimum Gasteiger partial charge on any atom is -0.352 e. The van der Waals surface area contributed by atoms with E-state index >= 15 is 0 Å². The number of benzene rings is 1. The van der Waals surface area contributed by atoms with Crippen molar-refractivity contribution in [2.45, 2.75) is 45.3 Å². The number of hydrogen-bond donors (Lipinski definition) is 2. The highest BCUT2D eigenvalue weighted by Crippen LogP contribution is 2.16. The molecular weight excluding hydrogens is 362 g/mol. The number of imidazole rings is 1. The molecule has 1 heterocycles. The van der Waals surface area contributed by atoms with Crippen LogP contribution in [0, 0.1) is 12.8 Å². The Kier molecular flexibility index (Phi) is 7.01. The van der Waals surface area contributed by atoms with Crippen LogP contribution in [-0.2, 0) is 29.5 Å². The van der Waals surface area contributed by atoms with Gasteiger partial charge in [0.15, 0.2) is 15.8 Å². The molecule has 0 radical (unpaired) electrons. The number of guanidine groups is 1. The van der Waals surface area contributed by atoms with Crippen molar-refractivity contribution in [1.29, 1.82) is 0 Å². The third-order valence-corrected chi connectivity index (χ3v) is 5.36. The van der Waals surface area contributed by atoms with Crippen LogP contribution in [0.25, 0.3) is 0 Å². The molecule has 0 aliphatic carbocycles. The summed E-state index contributed by atoms with van der Waals surface area (Å²) in [4.78, 5) is 9.00. The summed E-state index contributed by atoms with van der Waals surface area (Å²) in [5.41, 5.74) is 1.74. The fourth-order valence-electron chi connectivity index (χ4n) is 2.87. The summed E-state index contributed by atoms with van der Waals surface area (Å²) in [5.74, 6) is 2.17. The van der Waals surface area contributed by atoms with E-state index in [2.05, 4.69) is 39.0 Å². The molecular formula is C19H29N5O2S. The topological polar surface area (TPSA) is 88.4 Å². The smallest absolute Gasteiger partial charge is 0.191 e. The maximum Gasteiger partial charge on any atom is 0.191 e. The van der Waals surface area contributed by atoms with Crippen LogP contribution in [-0.4, -0.2) is 37.2 Å². The maximum atomic E-state index is 11.7. The van der Waals surface area contributed by atoms with Crippen molar-refractivity contribution in [3.63, 3.8) is 0 Å². The molecule has 0 spiro atoms. The zero-order valence-corrected chi connectivity index (χ0v) is 17.5. The molecule has 27 heavy (non-hydrogen) atoms. The summed E-state index contributed by atoms with van der Waals surface area (Å²) in [6.07, 6.45) is 5.02. The first-order chi connectivity index (χ1) is 12.7. The number of aryl methyl sites for hydroxylation is 1. The normalized spacial score (nSPS) is 12.4. The molecule has 1 aromatic carbocycles. The second kappa shape index (κ2) is 9.03. The molecule has 0 aliphatic rings. The monoisotopic (exact) mass is 391 g/mol. The summed E-state index contributed by atoms with van der Waals surface area (Å²) in [5, 5.41) is 6.51. The quantitative estimate of drug-likeness (QED) is 0.557. The van der Waals surface area contributed by atoms with Gasteiger partial charge in [-0.1, -0.05) is 26.0 Å². The Morgan fingerprint density at radius 1 is 1.26 bits per heavy atom. The summed E-state index contributed by atoms with van der Waals surface area (Å²) in [6, 6.07) is 5.35. The van der Waals surface area contributed by atoms with Crippen molar-refractivity contribution in [3.05, 3.63) is 47.5 Å². The number of hydrogen-bond acceptors (Lipinski definition) is 4. The van der Waals surface area contributed by atoms with Gasteiger partial charge in [-0.05, 0) is 30.0 Å². The van der Waals surface area contributed by atoms with Gasteiger partial charge in [0.2, 0.25) is 0 Å². The lowest BCUT2D eigenvalue weighted by Gasteiger charge is -2.14. The van der Waals surface area contributed by atoms with Crippen LogP contribution in [0.15, 0.2) is 40.5 Å². The van der Waals surface area contributed by atoms with Gasteiger partial charge in [0.1, 0.15) is 5.82 Å². The number of aromatic nitrogens is 2. The van der Waals surface area contributed by atoms with Crippen LogP contribution in [0.3, 0.4) is 0 Å². The minimum atomic E-state index is -3.20. The van der Waals surface area contributed by atoms with Crippen LogP contribution in [0.4, 0.5) is 0 Å². The van der Waals surface area contributed by atoms with E-state index in [9.17, 15) is 8.42 Å². The second-order valence-corrected chi connectivity index (χ2v) is 9.03. The van der Waals surface area contributed by atoms with Crippen molar-refractivity contribution < 1.29 is 8.42 Å². The lowest BCUT2D eigenvalue weighted by molar-refractivity contribution is 0.503. The highest BCUT2D eigenvalue weighted by atomic mass is 32.2. The Morgan fingerprint density at radius 2 is 1.96 bits per heavy atom. The first-order valence-electron chi connectivity index (χ1n) is 8.94. The van der Waals surface area contributed by atoms with Gasteiger partial charge in [-0.15, -0.1) is 0 Å². The zero-order valence-electron chi connectivity index (χ0n) is 16.7. The molecule has 0 atom stereocenters. The van der Waals surface area contributed by atoms with Gasteiger partial charge in [-0.3, -0.25) is 4.99 Å². The molecule has 8 heteroatoms. The van der Waals surface area contributed by atoms with E-state index in [4.69, 9.17) is 0 Å². The molecule has 2 aromatic rings. The standard InChI is InChI=1S/C19H29N5O2S/c1-14(2)13-24-9-8-21-18(24)12-23-19(20-4)22-11-16-6-7-17(15(3)10-16)27(5,25)26/h6-10,14H,11-13H2,1-5H3,(H2,20,22,23). The largest absolute Gasteiger partial charge is 0.352 e. The van der Waals surface area contributed by atoms with E-state index in [1.807, 2.05) is 31.5 Å². The third kappa shape index (κ3) is 6.09. The van der Waals surface area contributed by atoms with Crippen LogP contribution in [0.5, 0.6) is 0 Å². The van der Waals surface area contributed by atoms with Crippen molar-refractivity contribution in [3.8, 4) is 0 Å². The molecule has 0 amide bonds. The fraction of sp³-hybridized carbons (Fsp3) is 0.474. The van der Waals surface area contributed by atoms with E-state index in [1.165, 1.54) is 6.26 Å². The van der Waals surface area contributed by atoms with Gasteiger partial charge in [0, 0.05) is 38.8 Å². The Bertz CT molecular complexity index is 901. The Morgan fingerprint density at radius 3 is 2.56 bits per heavy atom. The van der Waals surface area contributed by atoms with E-state index in [0.717, 1.165) is 23.5 Å². The number of nitrogens with zero attached hydrogens (tertiary/aromatic N) is 3. The SMILES string of the molecule is CN=C(NCc1ccc(S(C)(=O)=O)c(C)c1)NCc1nccn1CC(C)C. The average Bonchev–Trinajstić information content (AvgIpc) is 3.00.